The Labute approximate surface area is 144 Å². The van der Waals surface area contributed by atoms with E-state index < -0.39 is 5.82 Å². The van der Waals surface area contributed by atoms with Crippen molar-refractivity contribution in [1.82, 2.24) is 9.97 Å². The molecule has 126 valence electrons. The molecule has 1 aliphatic heterocycles. The predicted molar refractivity (Wildman–Crippen MR) is 92.0 cm³/mol. The van der Waals surface area contributed by atoms with Gasteiger partial charge in [0.25, 0.3) is 5.91 Å². The summed E-state index contributed by atoms with van der Waals surface area (Å²) in [4.78, 5) is 22.9. The molecular weight excluding hydrogens is 331 g/mol. The largest absolute Gasteiger partial charge is 0.341 e. The first kappa shape index (κ1) is 16.6. The number of carbonyl (C=O) groups excluding carboxylic acids is 1. The molecule has 1 aromatic carbocycles. The van der Waals surface area contributed by atoms with Crippen molar-refractivity contribution in [3.63, 3.8) is 0 Å². The van der Waals surface area contributed by atoms with Crippen molar-refractivity contribution < 1.29 is 9.18 Å². The summed E-state index contributed by atoms with van der Waals surface area (Å²) in [7, 11) is 0. The Morgan fingerprint density at radius 3 is 2.79 bits per heavy atom. The van der Waals surface area contributed by atoms with Crippen molar-refractivity contribution in [1.29, 1.82) is 0 Å². The summed E-state index contributed by atoms with van der Waals surface area (Å²) < 4.78 is 13.1. The molecule has 0 bridgehead atoms. The van der Waals surface area contributed by atoms with Gasteiger partial charge in [-0.2, -0.15) is 0 Å². The second kappa shape index (κ2) is 7.13. The lowest BCUT2D eigenvalue weighted by molar-refractivity contribution is 0.102. The van der Waals surface area contributed by atoms with E-state index in [1.54, 1.807) is 0 Å². The standard InChI is InChI=1S/C17H18ClFN4O/c1-11-3-2-6-23(10-11)17-20-8-12(9-21-17)16(24)22-13-4-5-15(19)14(18)7-13/h4-5,7-9,11H,2-3,6,10H2,1H3,(H,22,24). The van der Waals surface area contributed by atoms with E-state index in [1.165, 1.54) is 37.0 Å². The number of nitrogens with zero attached hydrogens (tertiary/aromatic N) is 3. The van der Waals surface area contributed by atoms with Gasteiger partial charge in [-0.15, -0.1) is 0 Å². The number of aromatic nitrogens is 2. The van der Waals surface area contributed by atoms with Crippen molar-refractivity contribution >= 4 is 29.1 Å². The fourth-order valence-corrected chi connectivity index (χ4v) is 2.93. The van der Waals surface area contributed by atoms with Gasteiger partial charge in [-0.3, -0.25) is 4.79 Å². The molecule has 0 spiro atoms. The molecule has 2 aromatic rings. The van der Waals surface area contributed by atoms with E-state index in [0.29, 0.717) is 23.1 Å². The van der Waals surface area contributed by atoms with Gasteiger partial charge in [0.05, 0.1) is 10.6 Å². The molecule has 3 rings (SSSR count). The Hall–Kier alpha value is -2.21. The Balaban J connectivity index is 1.68. The highest BCUT2D eigenvalue weighted by atomic mass is 35.5. The Morgan fingerprint density at radius 1 is 1.38 bits per heavy atom. The number of hydrogen-bond donors (Lipinski definition) is 1. The van der Waals surface area contributed by atoms with E-state index in [-0.39, 0.29) is 10.9 Å². The smallest absolute Gasteiger partial charge is 0.258 e. The van der Waals surface area contributed by atoms with Gasteiger partial charge < -0.3 is 10.2 Å². The third kappa shape index (κ3) is 3.82. The van der Waals surface area contributed by atoms with Crippen LogP contribution in [0.5, 0.6) is 0 Å². The molecule has 1 aliphatic rings. The van der Waals surface area contributed by atoms with Crippen LogP contribution in [-0.4, -0.2) is 29.0 Å². The number of halogens is 2. The second-order valence-corrected chi connectivity index (χ2v) is 6.46. The highest BCUT2D eigenvalue weighted by Gasteiger charge is 2.19. The molecule has 1 atom stereocenters. The van der Waals surface area contributed by atoms with Crippen molar-refractivity contribution in [3.8, 4) is 0 Å². The number of amides is 1. The first-order chi connectivity index (χ1) is 11.5. The summed E-state index contributed by atoms with van der Waals surface area (Å²) in [6.07, 6.45) is 5.35. The molecule has 1 amide bonds. The minimum Gasteiger partial charge on any atom is -0.341 e. The number of carbonyl (C=O) groups is 1. The number of anilines is 2. The summed E-state index contributed by atoms with van der Waals surface area (Å²) in [6, 6.07) is 4.01. The fraction of sp³-hybridized carbons (Fsp3) is 0.353. The van der Waals surface area contributed by atoms with Gasteiger partial charge in [0.15, 0.2) is 0 Å². The van der Waals surface area contributed by atoms with Crippen LogP contribution in [0.3, 0.4) is 0 Å². The molecule has 7 heteroatoms. The topological polar surface area (TPSA) is 58.1 Å². The molecule has 1 saturated heterocycles. The van der Waals surface area contributed by atoms with E-state index in [4.69, 9.17) is 11.6 Å². The average Bonchev–Trinajstić information content (AvgIpc) is 2.58. The number of rotatable bonds is 3. The predicted octanol–water partition coefficient (Wildman–Crippen LogP) is 3.76. The molecule has 24 heavy (non-hydrogen) atoms. The van der Waals surface area contributed by atoms with Crippen LogP contribution < -0.4 is 10.2 Å². The summed E-state index contributed by atoms with van der Waals surface area (Å²) in [5.74, 6) is 0.367. The Morgan fingerprint density at radius 2 is 2.12 bits per heavy atom. The van der Waals surface area contributed by atoms with Gasteiger partial charge in [-0.25, -0.2) is 14.4 Å². The summed E-state index contributed by atoms with van der Waals surface area (Å²) >= 11 is 5.71. The Kier molecular flexibility index (Phi) is 4.94. The van der Waals surface area contributed by atoms with Gasteiger partial charge in [-0.1, -0.05) is 18.5 Å². The van der Waals surface area contributed by atoms with E-state index in [1.807, 2.05) is 0 Å². The normalized spacial score (nSPS) is 17.6. The fourth-order valence-electron chi connectivity index (χ4n) is 2.75. The van der Waals surface area contributed by atoms with E-state index in [0.717, 1.165) is 19.5 Å². The van der Waals surface area contributed by atoms with Crippen LogP contribution in [0.4, 0.5) is 16.0 Å². The molecule has 1 unspecified atom stereocenters. The minimum absolute atomic E-state index is 0.0429. The summed E-state index contributed by atoms with van der Waals surface area (Å²) in [5.41, 5.74) is 0.754. The van der Waals surface area contributed by atoms with Crippen molar-refractivity contribution in [2.24, 2.45) is 5.92 Å². The third-order valence-electron chi connectivity index (χ3n) is 4.02. The van der Waals surface area contributed by atoms with Crippen LogP contribution in [0.1, 0.15) is 30.1 Å². The maximum absolute atomic E-state index is 13.1. The van der Waals surface area contributed by atoms with Crippen molar-refractivity contribution in [2.45, 2.75) is 19.8 Å². The number of piperidine rings is 1. The van der Waals surface area contributed by atoms with Gasteiger partial charge in [0, 0.05) is 31.2 Å². The summed E-state index contributed by atoms with van der Waals surface area (Å²) in [6.45, 7) is 4.07. The van der Waals surface area contributed by atoms with E-state index in [2.05, 4.69) is 27.1 Å². The molecular formula is C17H18ClFN4O. The molecule has 1 aromatic heterocycles. The van der Waals surface area contributed by atoms with Crippen LogP contribution >= 0.6 is 11.6 Å². The lowest BCUT2D eigenvalue weighted by Crippen LogP contribution is -2.35. The van der Waals surface area contributed by atoms with Crippen LogP contribution in [0.2, 0.25) is 5.02 Å². The van der Waals surface area contributed by atoms with Crippen LogP contribution in [0.15, 0.2) is 30.6 Å². The minimum atomic E-state index is -0.530. The highest BCUT2D eigenvalue weighted by molar-refractivity contribution is 6.31. The first-order valence-electron chi connectivity index (χ1n) is 7.86. The quantitative estimate of drug-likeness (QED) is 0.917. The lowest BCUT2D eigenvalue weighted by atomic mass is 10.0. The van der Waals surface area contributed by atoms with Gasteiger partial charge in [-0.05, 0) is 37.0 Å². The third-order valence-corrected chi connectivity index (χ3v) is 4.31. The number of nitrogens with one attached hydrogen (secondary N) is 1. The first-order valence-corrected chi connectivity index (χ1v) is 8.24. The maximum atomic E-state index is 13.1. The maximum Gasteiger partial charge on any atom is 0.258 e. The van der Waals surface area contributed by atoms with Crippen LogP contribution in [0.25, 0.3) is 0 Å². The Bertz CT molecular complexity index is 738. The monoisotopic (exact) mass is 348 g/mol. The van der Waals surface area contributed by atoms with Crippen LogP contribution in [0, 0.1) is 11.7 Å². The number of hydrogen-bond acceptors (Lipinski definition) is 4. The molecule has 0 aliphatic carbocycles. The summed E-state index contributed by atoms with van der Waals surface area (Å²) in [5, 5.41) is 2.61. The van der Waals surface area contributed by atoms with E-state index in [9.17, 15) is 9.18 Å². The zero-order valence-electron chi connectivity index (χ0n) is 13.3. The average molecular weight is 349 g/mol. The lowest BCUT2D eigenvalue weighted by Gasteiger charge is -2.30. The molecule has 2 heterocycles. The molecule has 1 N–H and O–H groups in total. The van der Waals surface area contributed by atoms with Crippen LogP contribution in [-0.2, 0) is 0 Å². The number of benzene rings is 1. The van der Waals surface area contributed by atoms with Gasteiger partial charge >= 0.3 is 0 Å². The molecule has 0 saturated carbocycles. The SMILES string of the molecule is CC1CCCN(c2ncc(C(=O)Nc3ccc(F)c(Cl)c3)cn2)C1. The van der Waals surface area contributed by atoms with Crippen molar-refractivity contribution in [3.05, 3.63) is 47.0 Å². The van der Waals surface area contributed by atoms with Gasteiger partial charge in [0.1, 0.15) is 5.82 Å². The molecule has 0 radical (unpaired) electrons. The zero-order valence-corrected chi connectivity index (χ0v) is 14.1. The second-order valence-electron chi connectivity index (χ2n) is 6.05. The highest BCUT2D eigenvalue weighted by Crippen LogP contribution is 2.21. The van der Waals surface area contributed by atoms with Crippen molar-refractivity contribution in [2.75, 3.05) is 23.3 Å². The molecule has 1 fully saturated rings. The van der Waals surface area contributed by atoms with Gasteiger partial charge in [0.2, 0.25) is 5.95 Å². The molecule has 5 nitrogen and oxygen atoms in total. The zero-order chi connectivity index (χ0) is 17.1. The van der Waals surface area contributed by atoms with E-state index >= 15 is 0 Å².